The fourth-order valence-corrected chi connectivity index (χ4v) is 2.15. The minimum Gasteiger partial charge on any atom is -0.372 e. The minimum absolute atomic E-state index is 0.128. The van der Waals surface area contributed by atoms with Crippen LogP contribution in [-0.4, -0.2) is 34.9 Å². The van der Waals surface area contributed by atoms with Crippen molar-refractivity contribution >= 4 is 23.1 Å². The fourth-order valence-electron chi connectivity index (χ4n) is 1.49. The second-order valence-electron chi connectivity index (χ2n) is 3.83. The number of hydrogen-bond acceptors (Lipinski definition) is 5. The first kappa shape index (κ1) is 12.5. The van der Waals surface area contributed by atoms with E-state index in [1.165, 1.54) is 6.20 Å². The quantitative estimate of drug-likeness (QED) is 0.913. The number of carbonyl (C=O) groups is 1. The molecule has 0 aliphatic carbocycles. The maximum Gasteiger partial charge on any atom is 0.274 e. The van der Waals surface area contributed by atoms with Crippen molar-refractivity contribution in [3.8, 4) is 0 Å². The number of rotatable bonds is 4. The molecule has 0 aromatic carbocycles. The van der Waals surface area contributed by atoms with Crippen LogP contribution in [0.25, 0.3) is 0 Å². The third-order valence-electron chi connectivity index (χ3n) is 2.47. The Morgan fingerprint density at radius 2 is 2.28 bits per heavy atom. The highest BCUT2D eigenvalue weighted by Gasteiger charge is 2.13. The Kier molecular flexibility index (Phi) is 3.88. The highest BCUT2D eigenvalue weighted by atomic mass is 32.1. The maximum absolute atomic E-state index is 12.1. The molecular formula is C12H14N4OS. The van der Waals surface area contributed by atoms with E-state index in [9.17, 15) is 4.79 Å². The van der Waals surface area contributed by atoms with Crippen LogP contribution in [0.15, 0.2) is 29.2 Å². The van der Waals surface area contributed by atoms with Crippen LogP contribution in [-0.2, 0) is 6.54 Å². The van der Waals surface area contributed by atoms with E-state index in [-0.39, 0.29) is 5.91 Å². The SMILES string of the molecule is CNc1cnc(C(=O)N(C)Cc2ccsc2)cn1. The summed E-state index contributed by atoms with van der Waals surface area (Å²) in [7, 11) is 3.52. The number of amides is 1. The van der Waals surface area contributed by atoms with E-state index < -0.39 is 0 Å². The molecule has 2 aromatic rings. The van der Waals surface area contributed by atoms with Crippen LogP contribution >= 0.6 is 11.3 Å². The largest absolute Gasteiger partial charge is 0.372 e. The molecular weight excluding hydrogens is 248 g/mol. The van der Waals surface area contributed by atoms with Crippen molar-refractivity contribution in [2.45, 2.75) is 6.54 Å². The molecule has 2 rings (SSSR count). The molecule has 1 N–H and O–H groups in total. The van der Waals surface area contributed by atoms with Crippen LogP contribution in [0.2, 0.25) is 0 Å². The average molecular weight is 262 g/mol. The summed E-state index contributed by atoms with van der Waals surface area (Å²) in [6, 6.07) is 2.00. The molecule has 6 heteroatoms. The molecule has 0 bridgehead atoms. The summed E-state index contributed by atoms with van der Waals surface area (Å²) in [5.74, 6) is 0.517. The molecule has 18 heavy (non-hydrogen) atoms. The summed E-state index contributed by atoms with van der Waals surface area (Å²) in [5, 5.41) is 6.88. The zero-order chi connectivity index (χ0) is 13.0. The number of nitrogens with one attached hydrogen (secondary N) is 1. The minimum atomic E-state index is -0.128. The molecule has 0 fully saturated rings. The van der Waals surface area contributed by atoms with Gasteiger partial charge in [0.15, 0.2) is 0 Å². The lowest BCUT2D eigenvalue weighted by Crippen LogP contribution is -2.27. The second-order valence-corrected chi connectivity index (χ2v) is 4.61. The topological polar surface area (TPSA) is 58.1 Å². The lowest BCUT2D eigenvalue weighted by molar-refractivity contribution is 0.0779. The molecule has 2 heterocycles. The monoisotopic (exact) mass is 262 g/mol. The van der Waals surface area contributed by atoms with Crippen molar-refractivity contribution in [3.05, 3.63) is 40.5 Å². The Labute approximate surface area is 109 Å². The predicted octanol–water partition coefficient (Wildman–Crippen LogP) is 1.85. The van der Waals surface area contributed by atoms with Crippen LogP contribution < -0.4 is 5.32 Å². The van der Waals surface area contributed by atoms with Crippen LogP contribution in [0, 0.1) is 0 Å². The highest BCUT2D eigenvalue weighted by molar-refractivity contribution is 7.07. The number of aromatic nitrogens is 2. The predicted molar refractivity (Wildman–Crippen MR) is 71.7 cm³/mol. The molecule has 0 atom stereocenters. The van der Waals surface area contributed by atoms with Crippen molar-refractivity contribution in [1.82, 2.24) is 14.9 Å². The van der Waals surface area contributed by atoms with Gasteiger partial charge in [0.1, 0.15) is 11.5 Å². The van der Waals surface area contributed by atoms with E-state index in [0.29, 0.717) is 18.1 Å². The number of anilines is 1. The Hall–Kier alpha value is -1.95. The Morgan fingerprint density at radius 3 is 2.83 bits per heavy atom. The standard InChI is InChI=1S/C12H14N4OS/c1-13-11-6-14-10(5-15-11)12(17)16(2)7-9-3-4-18-8-9/h3-6,8H,7H2,1-2H3,(H,13,15). The van der Waals surface area contributed by atoms with E-state index >= 15 is 0 Å². The number of thiophene rings is 1. The zero-order valence-corrected chi connectivity index (χ0v) is 11.1. The lowest BCUT2D eigenvalue weighted by Gasteiger charge is -2.15. The molecule has 0 unspecified atom stereocenters. The Balaban J connectivity index is 2.05. The van der Waals surface area contributed by atoms with Crippen LogP contribution in [0.4, 0.5) is 5.82 Å². The molecule has 0 spiro atoms. The van der Waals surface area contributed by atoms with Gasteiger partial charge in [-0.1, -0.05) is 0 Å². The summed E-state index contributed by atoms with van der Waals surface area (Å²) in [6.07, 6.45) is 3.03. The Morgan fingerprint density at radius 1 is 1.44 bits per heavy atom. The molecule has 0 saturated carbocycles. The Bertz CT molecular complexity index is 509. The molecule has 1 amide bonds. The second kappa shape index (κ2) is 5.59. The molecule has 2 aromatic heterocycles. The van der Waals surface area contributed by atoms with E-state index in [1.54, 1.807) is 36.5 Å². The maximum atomic E-state index is 12.1. The van der Waals surface area contributed by atoms with Gasteiger partial charge in [-0.3, -0.25) is 4.79 Å². The normalized spacial score (nSPS) is 10.1. The molecule has 94 valence electrons. The third kappa shape index (κ3) is 2.84. The van der Waals surface area contributed by atoms with Gasteiger partial charge in [0.05, 0.1) is 12.4 Å². The van der Waals surface area contributed by atoms with Gasteiger partial charge in [0.2, 0.25) is 0 Å². The van der Waals surface area contributed by atoms with E-state index in [2.05, 4.69) is 15.3 Å². The van der Waals surface area contributed by atoms with Gasteiger partial charge in [-0.05, 0) is 22.4 Å². The first-order valence-corrected chi connectivity index (χ1v) is 6.41. The smallest absolute Gasteiger partial charge is 0.274 e. The summed E-state index contributed by atoms with van der Waals surface area (Å²) >= 11 is 1.62. The van der Waals surface area contributed by atoms with Crippen LogP contribution in [0.5, 0.6) is 0 Å². The third-order valence-corrected chi connectivity index (χ3v) is 3.21. The molecule has 5 nitrogen and oxygen atoms in total. The fraction of sp³-hybridized carbons (Fsp3) is 0.250. The van der Waals surface area contributed by atoms with Gasteiger partial charge < -0.3 is 10.2 Å². The van der Waals surface area contributed by atoms with Crippen LogP contribution in [0.3, 0.4) is 0 Å². The van der Waals surface area contributed by atoms with Gasteiger partial charge in [-0.25, -0.2) is 9.97 Å². The zero-order valence-electron chi connectivity index (χ0n) is 10.3. The number of hydrogen-bond donors (Lipinski definition) is 1. The summed E-state index contributed by atoms with van der Waals surface area (Å²) in [4.78, 5) is 21.9. The summed E-state index contributed by atoms with van der Waals surface area (Å²) in [5.41, 5.74) is 1.47. The van der Waals surface area contributed by atoms with Crippen molar-refractivity contribution in [3.63, 3.8) is 0 Å². The first-order chi connectivity index (χ1) is 8.70. The van der Waals surface area contributed by atoms with E-state index in [1.807, 2.05) is 16.8 Å². The first-order valence-electron chi connectivity index (χ1n) is 5.47. The summed E-state index contributed by atoms with van der Waals surface area (Å²) in [6.45, 7) is 0.581. The lowest BCUT2D eigenvalue weighted by atomic mass is 10.3. The average Bonchev–Trinajstić information content (AvgIpc) is 2.91. The highest BCUT2D eigenvalue weighted by Crippen LogP contribution is 2.10. The van der Waals surface area contributed by atoms with Gasteiger partial charge in [0, 0.05) is 20.6 Å². The van der Waals surface area contributed by atoms with Crippen molar-refractivity contribution < 1.29 is 4.79 Å². The van der Waals surface area contributed by atoms with Gasteiger partial charge >= 0.3 is 0 Å². The van der Waals surface area contributed by atoms with Gasteiger partial charge in [-0.15, -0.1) is 0 Å². The van der Waals surface area contributed by atoms with Crippen molar-refractivity contribution in [1.29, 1.82) is 0 Å². The number of carbonyl (C=O) groups excluding carboxylic acids is 1. The van der Waals surface area contributed by atoms with E-state index in [0.717, 1.165) is 5.56 Å². The van der Waals surface area contributed by atoms with Gasteiger partial charge in [0.25, 0.3) is 5.91 Å². The van der Waals surface area contributed by atoms with Crippen molar-refractivity contribution in [2.75, 3.05) is 19.4 Å². The molecule has 0 aliphatic rings. The summed E-state index contributed by atoms with van der Waals surface area (Å²) < 4.78 is 0. The van der Waals surface area contributed by atoms with Crippen LogP contribution in [0.1, 0.15) is 16.1 Å². The van der Waals surface area contributed by atoms with E-state index in [4.69, 9.17) is 0 Å². The van der Waals surface area contributed by atoms with Gasteiger partial charge in [-0.2, -0.15) is 11.3 Å². The number of nitrogens with zero attached hydrogens (tertiary/aromatic N) is 3. The molecule has 0 aliphatic heterocycles. The van der Waals surface area contributed by atoms with Crippen molar-refractivity contribution in [2.24, 2.45) is 0 Å². The molecule has 0 saturated heterocycles. The molecule has 0 radical (unpaired) electrons.